The van der Waals surface area contributed by atoms with Gasteiger partial charge in [0.05, 0.1) is 5.56 Å². The minimum Gasteiger partial charge on any atom is -0.371 e. The second-order valence-electron chi connectivity index (χ2n) is 7.37. The van der Waals surface area contributed by atoms with Crippen LogP contribution in [-0.4, -0.2) is 42.9 Å². The monoisotopic (exact) mass is 357 g/mol. The van der Waals surface area contributed by atoms with Gasteiger partial charge in [0.2, 0.25) is 5.91 Å². The fraction of sp³-hybridized carbons (Fsp3) is 0.619. The highest BCUT2D eigenvalue weighted by Gasteiger charge is 2.25. The predicted octanol–water partition coefficient (Wildman–Crippen LogP) is 3.90. The van der Waals surface area contributed by atoms with Gasteiger partial charge in [0.1, 0.15) is 0 Å². The van der Waals surface area contributed by atoms with Crippen LogP contribution in [0.4, 0.5) is 11.4 Å². The van der Waals surface area contributed by atoms with Crippen LogP contribution in [0.15, 0.2) is 18.2 Å². The Morgan fingerprint density at radius 2 is 1.73 bits per heavy atom. The first-order valence-corrected chi connectivity index (χ1v) is 10.1. The summed E-state index contributed by atoms with van der Waals surface area (Å²) >= 11 is 0. The van der Waals surface area contributed by atoms with Gasteiger partial charge in [-0.05, 0) is 57.7 Å². The third kappa shape index (κ3) is 4.02. The molecule has 3 rings (SSSR count). The van der Waals surface area contributed by atoms with E-state index in [-0.39, 0.29) is 17.7 Å². The summed E-state index contributed by atoms with van der Waals surface area (Å²) in [5.74, 6) is 0.265. The third-order valence-electron chi connectivity index (χ3n) is 5.72. The molecular weight excluding hydrogens is 326 g/mol. The Bertz CT molecular complexity index is 643. The average Bonchev–Trinajstić information content (AvgIpc) is 3.36. The molecular formula is C21H31N3O2. The summed E-state index contributed by atoms with van der Waals surface area (Å²) in [4.78, 5) is 29.7. The second-order valence-corrected chi connectivity index (χ2v) is 7.37. The number of hydrogen-bond acceptors (Lipinski definition) is 3. The van der Waals surface area contributed by atoms with E-state index in [4.69, 9.17) is 0 Å². The summed E-state index contributed by atoms with van der Waals surface area (Å²) in [5, 5.41) is 3.04. The molecule has 0 spiro atoms. The molecule has 1 heterocycles. The normalized spacial score (nSPS) is 17.5. The van der Waals surface area contributed by atoms with Gasteiger partial charge in [-0.2, -0.15) is 0 Å². The van der Waals surface area contributed by atoms with Gasteiger partial charge in [0.25, 0.3) is 5.91 Å². The van der Waals surface area contributed by atoms with Crippen LogP contribution in [0.25, 0.3) is 0 Å². The zero-order valence-electron chi connectivity index (χ0n) is 16.1. The first-order chi connectivity index (χ1) is 12.6. The van der Waals surface area contributed by atoms with E-state index in [0.717, 1.165) is 50.1 Å². The number of carbonyl (C=O) groups excluding carboxylic acids is 2. The van der Waals surface area contributed by atoms with Crippen LogP contribution < -0.4 is 10.2 Å². The lowest BCUT2D eigenvalue weighted by molar-refractivity contribution is -0.119. The van der Waals surface area contributed by atoms with Gasteiger partial charge in [-0.15, -0.1) is 0 Å². The van der Waals surface area contributed by atoms with Crippen LogP contribution >= 0.6 is 0 Å². The highest BCUT2D eigenvalue weighted by Crippen LogP contribution is 2.30. The molecule has 1 aliphatic carbocycles. The molecule has 0 radical (unpaired) electrons. The van der Waals surface area contributed by atoms with E-state index in [1.165, 1.54) is 12.8 Å². The summed E-state index contributed by atoms with van der Waals surface area (Å²) in [6.07, 6.45) is 6.55. The van der Waals surface area contributed by atoms with Gasteiger partial charge < -0.3 is 15.1 Å². The molecule has 1 saturated heterocycles. The molecule has 142 valence electrons. The number of benzene rings is 1. The molecule has 0 bridgehead atoms. The van der Waals surface area contributed by atoms with Crippen molar-refractivity contribution in [3.8, 4) is 0 Å². The molecule has 1 aliphatic heterocycles. The van der Waals surface area contributed by atoms with Gasteiger partial charge in [-0.25, -0.2) is 0 Å². The second kappa shape index (κ2) is 8.56. The van der Waals surface area contributed by atoms with E-state index < -0.39 is 0 Å². The van der Waals surface area contributed by atoms with Crippen LogP contribution in [0.3, 0.4) is 0 Å². The number of carbonyl (C=O) groups is 2. The average molecular weight is 357 g/mol. The van der Waals surface area contributed by atoms with E-state index in [0.29, 0.717) is 18.7 Å². The SMILES string of the molecule is CCN(CC)C(=O)c1cc(NC(=O)C2CCCC2)ccc1N1CCCC1. The van der Waals surface area contributed by atoms with Gasteiger partial charge in [0, 0.05) is 43.5 Å². The first-order valence-electron chi connectivity index (χ1n) is 10.1. The maximum absolute atomic E-state index is 13.1. The zero-order valence-corrected chi connectivity index (χ0v) is 16.1. The molecule has 2 fully saturated rings. The maximum atomic E-state index is 13.1. The molecule has 0 atom stereocenters. The highest BCUT2D eigenvalue weighted by molar-refractivity contribution is 6.02. The first kappa shape index (κ1) is 18.7. The van der Waals surface area contributed by atoms with Gasteiger partial charge in [-0.1, -0.05) is 12.8 Å². The fourth-order valence-corrected chi connectivity index (χ4v) is 4.13. The Morgan fingerprint density at radius 3 is 2.35 bits per heavy atom. The van der Waals surface area contributed by atoms with Gasteiger partial charge in [-0.3, -0.25) is 9.59 Å². The van der Waals surface area contributed by atoms with Gasteiger partial charge in [0.15, 0.2) is 0 Å². The van der Waals surface area contributed by atoms with Crippen LogP contribution in [0, 0.1) is 5.92 Å². The lowest BCUT2D eigenvalue weighted by atomic mass is 10.1. The molecule has 5 nitrogen and oxygen atoms in total. The van der Waals surface area contributed by atoms with Crippen molar-refractivity contribution in [3.05, 3.63) is 23.8 Å². The summed E-state index contributed by atoms with van der Waals surface area (Å²) < 4.78 is 0. The molecule has 1 saturated carbocycles. The quantitative estimate of drug-likeness (QED) is 0.840. The van der Waals surface area contributed by atoms with E-state index >= 15 is 0 Å². The molecule has 0 unspecified atom stereocenters. The number of nitrogens with one attached hydrogen (secondary N) is 1. The Labute approximate surface area is 156 Å². The van der Waals surface area contributed by atoms with Crippen molar-refractivity contribution in [1.82, 2.24) is 4.90 Å². The maximum Gasteiger partial charge on any atom is 0.256 e. The third-order valence-corrected chi connectivity index (χ3v) is 5.72. The molecule has 1 N–H and O–H groups in total. The Kier molecular flexibility index (Phi) is 6.17. The van der Waals surface area contributed by atoms with Crippen LogP contribution in [0.1, 0.15) is 62.7 Å². The van der Waals surface area contributed by atoms with Crippen molar-refractivity contribution in [1.29, 1.82) is 0 Å². The lowest BCUT2D eigenvalue weighted by Crippen LogP contribution is -2.32. The fourth-order valence-electron chi connectivity index (χ4n) is 4.13. The van der Waals surface area contributed by atoms with Crippen molar-refractivity contribution in [2.45, 2.75) is 52.4 Å². The van der Waals surface area contributed by atoms with Crippen LogP contribution in [0.5, 0.6) is 0 Å². The lowest BCUT2D eigenvalue weighted by Gasteiger charge is -2.25. The molecule has 1 aromatic carbocycles. The number of hydrogen-bond donors (Lipinski definition) is 1. The standard InChI is InChI=1S/C21H31N3O2/c1-3-23(4-2)21(26)18-15-17(22-20(25)16-9-5-6-10-16)11-12-19(18)24-13-7-8-14-24/h11-12,15-16H,3-10,13-14H2,1-2H3,(H,22,25). The molecule has 5 heteroatoms. The van der Waals surface area contributed by atoms with Crippen molar-refractivity contribution >= 4 is 23.2 Å². The summed E-state index contributed by atoms with van der Waals surface area (Å²) in [7, 11) is 0. The van der Waals surface area contributed by atoms with Crippen molar-refractivity contribution in [2.24, 2.45) is 5.92 Å². The van der Waals surface area contributed by atoms with Gasteiger partial charge >= 0.3 is 0 Å². The topological polar surface area (TPSA) is 52.7 Å². The van der Waals surface area contributed by atoms with E-state index in [9.17, 15) is 9.59 Å². The molecule has 0 aromatic heterocycles. The Hall–Kier alpha value is -2.04. The number of anilines is 2. The minimum atomic E-state index is 0.0499. The van der Waals surface area contributed by atoms with E-state index in [2.05, 4.69) is 10.2 Å². The summed E-state index contributed by atoms with van der Waals surface area (Å²) in [6, 6.07) is 5.83. The van der Waals surface area contributed by atoms with Crippen LogP contribution in [0.2, 0.25) is 0 Å². The molecule has 26 heavy (non-hydrogen) atoms. The predicted molar refractivity (Wildman–Crippen MR) is 106 cm³/mol. The zero-order chi connectivity index (χ0) is 18.5. The molecule has 1 aromatic rings. The van der Waals surface area contributed by atoms with E-state index in [1.54, 1.807) is 0 Å². The largest absolute Gasteiger partial charge is 0.371 e. The van der Waals surface area contributed by atoms with E-state index in [1.807, 2.05) is 36.9 Å². The number of amides is 2. The number of rotatable bonds is 6. The highest BCUT2D eigenvalue weighted by atomic mass is 16.2. The summed E-state index contributed by atoms with van der Waals surface area (Å²) in [6.45, 7) is 7.37. The molecule has 2 amide bonds. The smallest absolute Gasteiger partial charge is 0.256 e. The number of nitrogens with zero attached hydrogens (tertiary/aromatic N) is 2. The Balaban J connectivity index is 1.86. The van der Waals surface area contributed by atoms with Crippen molar-refractivity contribution in [2.75, 3.05) is 36.4 Å². The van der Waals surface area contributed by atoms with Crippen LogP contribution in [-0.2, 0) is 4.79 Å². The van der Waals surface area contributed by atoms with Crippen molar-refractivity contribution in [3.63, 3.8) is 0 Å². The summed E-state index contributed by atoms with van der Waals surface area (Å²) in [5.41, 5.74) is 2.44. The minimum absolute atomic E-state index is 0.0499. The molecule has 2 aliphatic rings. The van der Waals surface area contributed by atoms with Crippen molar-refractivity contribution < 1.29 is 9.59 Å². The Morgan fingerprint density at radius 1 is 1.08 bits per heavy atom.